The average molecular weight is 253 g/mol. The van der Waals surface area contributed by atoms with Crippen LogP contribution in [0.2, 0.25) is 0 Å². The van der Waals surface area contributed by atoms with Crippen LogP contribution in [0.15, 0.2) is 0 Å². The molecule has 3 N–H and O–H groups in total. The molecule has 1 rings (SSSR count). The number of hydrogen-bond acceptors (Lipinski definition) is 4. The molecule has 2 amide bonds. The Bertz CT molecular complexity index is 345. The number of amides is 2. The van der Waals surface area contributed by atoms with Crippen LogP contribution in [0.4, 0.5) is 0 Å². The second-order valence-corrected chi connectivity index (χ2v) is 4.18. The lowest BCUT2D eigenvalue weighted by Gasteiger charge is -2.29. The number of terminal acetylenes is 1. The van der Waals surface area contributed by atoms with E-state index in [0.717, 1.165) is 0 Å². The van der Waals surface area contributed by atoms with Crippen molar-refractivity contribution in [3.05, 3.63) is 0 Å². The quantitative estimate of drug-likeness (QED) is 0.610. The molecule has 0 saturated carbocycles. The Hall–Kier alpha value is -1.58. The summed E-state index contributed by atoms with van der Waals surface area (Å²) in [7, 11) is 0. The molecule has 0 spiro atoms. The largest absolute Gasteiger partial charge is 0.378 e. The summed E-state index contributed by atoms with van der Waals surface area (Å²) in [5.41, 5.74) is 5.56. The number of rotatable bonds is 4. The van der Waals surface area contributed by atoms with Gasteiger partial charge in [0.25, 0.3) is 0 Å². The summed E-state index contributed by atoms with van der Waals surface area (Å²) >= 11 is 0. The van der Waals surface area contributed by atoms with Gasteiger partial charge in [0, 0.05) is 19.5 Å². The lowest BCUT2D eigenvalue weighted by molar-refractivity contribution is -0.139. The number of nitrogens with zero attached hydrogens (tertiary/aromatic N) is 1. The Balaban J connectivity index is 2.44. The molecule has 0 radical (unpaired) electrons. The van der Waals surface area contributed by atoms with Gasteiger partial charge in [0.1, 0.15) is 6.04 Å². The monoisotopic (exact) mass is 253 g/mol. The molecule has 18 heavy (non-hydrogen) atoms. The van der Waals surface area contributed by atoms with Gasteiger partial charge in [0.2, 0.25) is 11.8 Å². The summed E-state index contributed by atoms with van der Waals surface area (Å²) in [4.78, 5) is 25.3. The average Bonchev–Trinajstić information content (AvgIpc) is 2.39. The van der Waals surface area contributed by atoms with Gasteiger partial charge in [-0.25, -0.2) is 0 Å². The smallest absolute Gasteiger partial charge is 0.245 e. The van der Waals surface area contributed by atoms with Gasteiger partial charge in [-0.2, -0.15) is 0 Å². The molecule has 1 fully saturated rings. The van der Waals surface area contributed by atoms with E-state index in [4.69, 9.17) is 16.9 Å². The standard InChI is InChI=1S/C12H19N3O3/c1-3-4-10(13)11(16)14-9(2)12(17)15-5-7-18-8-6-15/h1,9-10H,4-8,13H2,2H3,(H,14,16). The van der Waals surface area contributed by atoms with Crippen LogP contribution in [-0.4, -0.2) is 55.1 Å². The normalized spacial score (nSPS) is 18.6. The maximum absolute atomic E-state index is 12.0. The summed E-state index contributed by atoms with van der Waals surface area (Å²) in [6, 6.07) is -1.37. The van der Waals surface area contributed by atoms with Gasteiger partial charge in [0.05, 0.1) is 19.3 Å². The van der Waals surface area contributed by atoms with E-state index < -0.39 is 18.0 Å². The fourth-order valence-electron chi connectivity index (χ4n) is 1.66. The van der Waals surface area contributed by atoms with Crippen molar-refractivity contribution in [2.75, 3.05) is 26.3 Å². The minimum Gasteiger partial charge on any atom is -0.378 e. The highest BCUT2D eigenvalue weighted by Crippen LogP contribution is 2.01. The number of hydrogen-bond donors (Lipinski definition) is 2. The first-order valence-corrected chi connectivity index (χ1v) is 5.92. The van der Waals surface area contributed by atoms with Crippen LogP contribution in [0.5, 0.6) is 0 Å². The second-order valence-electron chi connectivity index (χ2n) is 4.18. The molecular formula is C12H19N3O3. The molecule has 0 aromatic carbocycles. The van der Waals surface area contributed by atoms with Crippen LogP contribution in [-0.2, 0) is 14.3 Å². The zero-order valence-electron chi connectivity index (χ0n) is 10.5. The summed E-state index contributed by atoms with van der Waals surface area (Å²) in [5, 5.41) is 2.57. The molecule has 0 aromatic rings. The predicted octanol–water partition coefficient (Wildman–Crippen LogP) is -1.30. The number of nitrogens with one attached hydrogen (secondary N) is 1. The summed E-state index contributed by atoms with van der Waals surface area (Å²) in [6.45, 7) is 3.80. The molecule has 1 aliphatic heterocycles. The summed E-state index contributed by atoms with van der Waals surface area (Å²) < 4.78 is 5.16. The molecule has 6 heteroatoms. The van der Waals surface area contributed by atoms with Crippen LogP contribution in [0.25, 0.3) is 0 Å². The zero-order valence-corrected chi connectivity index (χ0v) is 10.5. The topological polar surface area (TPSA) is 84.7 Å². The number of ether oxygens (including phenoxy) is 1. The molecule has 0 aliphatic carbocycles. The Morgan fingerprint density at radius 2 is 2.11 bits per heavy atom. The molecule has 1 heterocycles. The van der Waals surface area contributed by atoms with E-state index in [1.54, 1.807) is 11.8 Å². The van der Waals surface area contributed by atoms with E-state index in [-0.39, 0.29) is 12.3 Å². The molecule has 1 saturated heterocycles. The lowest BCUT2D eigenvalue weighted by Crippen LogP contribution is -2.53. The second kappa shape index (κ2) is 6.99. The fourth-order valence-corrected chi connectivity index (χ4v) is 1.66. The number of nitrogens with two attached hydrogens (primary N) is 1. The van der Waals surface area contributed by atoms with Crippen LogP contribution >= 0.6 is 0 Å². The minimum atomic E-state index is -0.769. The Kier molecular flexibility index (Phi) is 5.62. The first-order valence-electron chi connectivity index (χ1n) is 5.92. The molecule has 2 atom stereocenters. The minimum absolute atomic E-state index is 0.125. The third-order valence-corrected chi connectivity index (χ3v) is 2.73. The highest BCUT2D eigenvalue weighted by molar-refractivity contribution is 5.89. The van der Waals surface area contributed by atoms with E-state index in [9.17, 15) is 9.59 Å². The van der Waals surface area contributed by atoms with E-state index in [2.05, 4.69) is 11.2 Å². The van der Waals surface area contributed by atoms with Crippen molar-refractivity contribution in [1.29, 1.82) is 0 Å². The van der Waals surface area contributed by atoms with Crippen molar-refractivity contribution < 1.29 is 14.3 Å². The van der Waals surface area contributed by atoms with Crippen molar-refractivity contribution in [2.24, 2.45) is 5.73 Å². The molecular weight excluding hydrogens is 234 g/mol. The van der Waals surface area contributed by atoms with Crippen molar-refractivity contribution in [3.63, 3.8) is 0 Å². The van der Waals surface area contributed by atoms with E-state index in [1.807, 2.05) is 0 Å². The molecule has 6 nitrogen and oxygen atoms in total. The van der Waals surface area contributed by atoms with Gasteiger partial charge in [-0.3, -0.25) is 9.59 Å². The van der Waals surface area contributed by atoms with E-state index in [1.165, 1.54) is 0 Å². The van der Waals surface area contributed by atoms with Crippen LogP contribution in [0.1, 0.15) is 13.3 Å². The number of carbonyl (C=O) groups excluding carboxylic acids is 2. The Morgan fingerprint density at radius 1 is 1.50 bits per heavy atom. The summed E-state index contributed by atoms with van der Waals surface area (Å²) in [5.74, 6) is 1.79. The van der Waals surface area contributed by atoms with E-state index in [0.29, 0.717) is 26.3 Å². The van der Waals surface area contributed by atoms with Crippen LogP contribution < -0.4 is 11.1 Å². The van der Waals surface area contributed by atoms with Crippen LogP contribution in [0.3, 0.4) is 0 Å². The first-order chi connectivity index (χ1) is 8.56. The van der Waals surface area contributed by atoms with Gasteiger partial charge in [-0.1, -0.05) is 0 Å². The van der Waals surface area contributed by atoms with Crippen LogP contribution in [0, 0.1) is 12.3 Å². The fraction of sp³-hybridized carbons (Fsp3) is 0.667. The molecule has 0 aromatic heterocycles. The molecule has 1 aliphatic rings. The maximum Gasteiger partial charge on any atom is 0.245 e. The van der Waals surface area contributed by atoms with Gasteiger partial charge < -0.3 is 20.7 Å². The van der Waals surface area contributed by atoms with Gasteiger partial charge in [-0.15, -0.1) is 12.3 Å². The first kappa shape index (κ1) is 14.5. The lowest BCUT2D eigenvalue weighted by atomic mass is 10.2. The molecule has 2 unspecified atom stereocenters. The third kappa shape index (κ3) is 4.02. The SMILES string of the molecule is C#CCC(N)C(=O)NC(C)C(=O)N1CCOCC1. The predicted molar refractivity (Wildman–Crippen MR) is 66.4 cm³/mol. The molecule has 0 bridgehead atoms. The highest BCUT2D eigenvalue weighted by atomic mass is 16.5. The van der Waals surface area contributed by atoms with Crippen molar-refractivity contribution >= 4 is 11.8 Å². The number of morpholine rings is 1. The Morgan fingerprint density at radius 3 is 2.67 bits per heavy atom. The van der Waals surface area contributed by atoms with Crippen molar-refractivity contribution in [1.82, 2.24) is 10.2 Å². The van der Waals surface area contributed by atoms with Gasteiger partial charge in [-0.05, 0) is 6.92 Å². The van der Waals surface area contributed by atoms with E-state index >= 15 is 0 Å². The van der Waals surface area contributed by atoms with Crippen molar-refractivity contribution in [2.45, 2.75) is 25.4 Å². The number of carbonyl (C=O) groups is 2. The third-order valence-electron chi connectivity index (χ3n) is 2.73. The van der Waals surface area contributed by atoms with Crippen molar-refractivity contribution in [3.8, 4) is 12.3 Å². The van der Waals surface area contributed by atoms with Gasteiger partial charge >= 0.3 is 0 Å². The highest BCUT2D eigenvalue weighted by Gasteiger charge is 2.24. The summed E-state index contributed by atoms with van der Waals surface area (Å²) in [6.07, 6.45) is 5.23. The maximum atomic E-state index is 12.0. The van der Waals surface area contributed by atoms with Gasteiger partial charge in [0.15, 0.2) is 0 Å². The molecule has 100 valence electrons. The zero-order chi connectivity index (χ0) is 13.5. The Labute approximate surface area is 107 Å².